The van der Waals surface area contributed by atoms with Crippen LogP contribution in [0, 0.1) is 0 Å². The van der Waals surface area contributed by atoms with Crippen LogP contribution in [0.25, 0.3) is 10.2 Å². The van der Waals surface area contributed by atoms with Crippen molar-refractivity contribution >= 4 is 32.6 Å². The number of fused-ring (bicyclic) bond motifs is 2. The second-order valence-electron chi connectivity index (χ2n) is 7.68. The summed E-state index contributed by atoms with van der Waals surface area (Å²) in [7, 11) is 0. The Kier molecular flexibility index (Phi) is 4.85. The highest BCUT2D eigenvalue weighted by Gasteiger charge is 2.24. The molecule has 2 aliphatic heterocycles. The largest absolute Gasteiger partial charge is 0.493 e. The van der Waals surface area contributed by atoms with Gasteiger partial charge >= 0.3 is 0 Å². The number of carbonyl (C=O) groups excluding carboxylic acids is 1. The van der Waals surface area contributed by atoms with E-state index in [0.717, 1.165) is 52.7 Å². The highest BCUT2D eigenvalue weighted by Crippen LogP contribution is 2.33. The topological polar surface area (TPSA) is 66.5 Å². The summed E-state index contributed by atoms with van der Waals surface area (Å²) < 4.78 is 6.75. The highest BCUT2D eigenvalue weighted by molar-refractivity contribution is 7.22. The molecule has 2 atom stereocenters. The highest BCUT2D eigenvalue weighted by atomic mass is 32.1. The normalized spacial score (nSPS) is 21.5. The molecule has 1 saturated heterocycles. The van der Waals surface area contributed by atoms with Gasteiger partial charge in [0.15, 0.2) is 5.13 Å². The zero-order valence-corrected chi connectivity index (χ0v) is 17.2. The number of amides is 1. The molecular weight excluding hydrogens is 384 g/mol. The molecule has 2 N–H and O–H groups in total. The minimum Gasteiger partial charge on any atom is -0.493 e. The lowest BCUT2D eigenvalue weighted by atomic mass is 10.00. The first-order chi connectivity index (χ1) is 14.2. The Balaban J connectivity index is 1.36. The number of anilines is 1. The van der Waals surface area contributed by atoms with Crippen molar-refractivity contribution in [2.75, 3.05) is 31.1 Å². The molecule has 29 heavy (non-hydrogen) atoms. The number of para-hydroxylation sites is 1. The minimum atomic E-state index is -0.0562. The van der Waals surface area contributed by atoms with Gasteiger partial charge < -0.3 is 20.3 Å². The smallest absolute Gasteiger partial charge is 0.251 e. The fraction of sp³-hybridized carbons (Fsp3) is 0.364. The van der Waals surface area contributed by atoms with Gasteiger partial charge in [0.05, 0.1) is 22.9 Å². The second kappa shape index (κ2) is 7.65. The molecule has 0 bridgehead atoms. The van der Waals surface area contributed by atoms with Crippen molar-refractivity contribution in [3.05, 3.63) is 53.6 Å². The first kappa shape index (κ1) is 18.4. The molecule has 0 spiro atoms. The molecule has 1 aromatic heterocycles. The second-order valence-corrected chi connectivity index (χ2v) is 8.69. The number of nitrogens with zero attached hydrogens (tertiary/aromatic N) is 2. The lowest BCUT2D eigenvalue weighted by molar-refractivity contribution is 0.0925. The fourth-order valence-electron chi connectivity index (χ4n) is 4.03. The summed E-state index contributed by atoms with van der Waals surface area (Å²) in [4.78, 5) is 20.0. The molecule has 150 valence electrons. The van der Waals surface area contributed by atoms with Crippen molar-refractivity contribution in [1.82, 2.24) is 15.6 Å². The summed E-state index contributed by atoms with van der Waals surface area (Å²) >= 11 is 1.66. The van der Waals surface area contributed by atoms with Gasteiger partial charge in [0.25, 0.3) is 5.91 Å². The van der Waals surface area contributed by atoms with Crippen LogP contribution < -0.4 is 20.3 Å². The third kappa shape index (κ3) is 3.68. The average molecular weight is 409 g/mol. The van der Waals surface area contributed by atoms with Crippen LogP contribution in [-0.4, -0.2) is 43.2 Å². The minimum absolute atomic E-state index is 0.0255. The summed E-state index contributed by atoms with van der Waals surface area (Å²) in [5.74, 6) is 0.802. The number of benzene rings is 2. The van der Waals surface area contributed by atoms with E-state index < -0.39 is 0 Å². The van der Waals surface area contributed by atoms with E-state index in [0.29, 0.717) is 18.2 Å². The van der Waals surface area contributed by atoms with E-state index in [1.54, 1.807) is 11.3 Å². The number of piperazine rings is 1. The van der Waals surface area contributed by atoms with Gasteiger partial charge in [-0.2, -0.15) is 0 Å². The zero-order valence-electron chi connectivity index (χ0n) is 16.4. The molecule has 7 heteroatoms. The monoisotopic (exact) mass is 408 g/mol. The van der Waals surface area contributed by atoms with E-state index in [1.165, 1.54) is 0 Å². The number of hydrogen-bond acceptors (Lipinski definition) is 6. The number of rotatable bonds is 3. The number of ether oxygens (including phenoxy) is 1. The van der Waals surface area contributed by atoms with Crippen LogP contribution in [0.2, 0.25) is 0 Å². The van der Waals surface area contributed by atoms with Crippen LogP contribution in [0.5, 0.6) is 5.75 Å². The number of thiazole rings is 1. The molecule has 0 radical (unpaired) electrons. The van der Waals surface area contributed by atoms with Crippen LogP contribution in [-0.2, 0) is 0 Å². The van der Waals surface area contributed by atoms with Crippen molar-refractivity contribution in [2.24, 2.45) is 0 Å². The Labute approximate surface area is 173 Å². The SMILES string of the molecule is CC1CN(c2nc3ccc(C(=O)N[C@H]4CCOc5ccccc54)cc3s2)CCN1. The van der Waals surface area contributed by atoms with Crippen molar-refractivity contribution in [2.45, 2.75) is 25.4 Å². The Bertz CT molecular complexity index is 1050. The Morgan fingerprint density at radius 2 is 2.21 bits per heavy atom. The summed E-state index contributed by atoms with van der Waals surface area (Å²) in [5, 5.41) is 7.67. The van der Waals surface area contributed by atoms with Gasteiger partial charge in [-0.05, 0) is 31.2 Å². The quantitative estimate of drug-likeness (QED) is 0.696. The van der Waals surface area contributed by atoms with E-state index in [2.05, 4.69) is 22.5 Å². The Morgan fingerprint density at radius 3 is 3.10 bits per heavy atom. The Hall–Kier alpha value is -2.64. The van der Waals surface area contributed by atoms with Gasteiger partial charge in [-0.1, -0.05) is 29.5 Å². The molecule has 1 amide bonds. The maximum Gasteiger partial charge on any atom is 0.251 e. The van der Waals surface area contributed by atoms with Gasteiger partial charge in [-0.25, -0.2) is 4.98 Å². The van der Waals surface area contributed by atoms with E-state index in [1.807, 2.05) is 42.5 Å². The van der Waals surface area contributed by atoms with Crippen LogP contribution in [0.1, 0.15) is 35.3 Å². The third-order valence-corrected chi connectivity index (χ3v) is 6.62. The maximum absolute atomic E-state index is 12.9. The van der Waals surface area contributed by atoms with Crippen LogP contribution in [0.3, 0.4) is 0 Å². The van der Waals surface area contributed by atoms with E-state index >= 15 is 0 Å². The molecular formula is C22H24N4O2S. The van der Waals surface area contributed by atoms with Crippen LogP contribution >= 0.6 is 11.3 Å². The van der Waals surface area contributed by atoms with Crippen molar-refractivity contribution in [3.8, 4) is 5.75 Å². The molecule has 1 fully saturated rings. The van der Waals surface area contributed by atoms with Crippen molar-refractivity contribution < 1.29 is 9.53 Å². The van der Waals surface area contributed by atoms with Gasteiger partial charge in [0, 0.05) is 43.2 Å². The predicted octanol–water partition coefficient (Wildman–Crippen LogP) is 3.35. The molecule has 0 saturated carbocycles. The molecule has 3 heterocycles. The van der Waals surface area contributed by atoms with E-state index in [-0.39, 0.29) is 11.9 Å². The first-order valence-corrected chi connectivity index (χ1v) is 10.9. The first-order valence-electron chi connectivity index (χ1n) is 10.1. The average Bonchev–Trinajstić information content (AvgIpc) is 3.17. The van der Waals surface area contributed by atoms with E-state index in [4.69, 9.17) is 9.72 Å². The third-order valence-electron chi connectivity index (χ3n) is 5.54. The van der Waals surface area contributed by atoms with Crippen molar-refractivity contribution in [3.63, 3.8) is 0 Å². The molecule has 1 unspecified atom stereocenters. The number of aromatic nitrogens is 1. The summed E-state index contributed by atoms with van der Waals surface area (Å²) in [6.45, 7) is 5.69. The van der Waals surface area contributed by atoms with Crippen LogP contribution in [0.15, 0.2) is 42.5 Å². The molecule has 3 aromatic rings. The Morgan fingerprint density at radius 1 is 1.31 bits per heavy atom. The molecule has 2 aromatic carbocycles. The van der Waals surface area contributed by atoms with Gasteiger partial charge in [0.2, 0.25) is 0 Å². The number of carbonyl (C=O) groups is 1. The molecule has 2 aliphatic rings. The lowest BCUT2D eigenvalue weighted by Gasteiger charge is -2.31. The lowest BCUT2D eigenvalue weighted by Crippen LogP contribution is -2.49. The van der Waals surface area contributed by atoms with Crippen LogP contribution in [0.4, 0.5) is 5.13 Å². The fourth-order valence-corrected chi connectivity index (χ4v) is 5.07. The van der Waals surface area contributed by atoms with Crippen molar-refractivity contribution in [1.29, 1.82) is 0 Å². The number of hydrogen-bond donors (Lipinski definition) is 2. The maximum atomic E-state index is 12.9. The van der Waals surface area contributed by atoms with Gasteiger partial charge in [-0.3, -0.25) is 4.79 Å². The predicted molar refractivity (Wildman–Crippen MR) is 116 cm³/mol. The van der Waals surface area contributed by atoms with E-state index in [9.17, 15) is 4.79 Å². The zero-order chi connectivity index (χ0) is 19.8. The number of nitrogens with one attached hydrogen (secondary N) is 2. The molecule has 0 aliphatic carbocycles. The van der Waals surface area contributed by atoms with Gasteiger partial charge in [0.1, 0.15) is 5.75 Å². The summed E-state index contributed by atoms with van der Waals surface area (Å²) in [5.41, 5.74) is 2.66. The molecule has 5 rings (SSSR count). The standard InChI is InChI=1S/C22H24N4O2S/c1-14-13-26(10-9-23-14)22-25-18-7-6-15(12-20(18)29-22)21(27)24-17-8-11-28-19-5-3-2-4-16(17)19/h2-7,12,14,17,23H,8-11,13H2,1H3,(H,24,27)/t14?,17-/m0/s1. The summed E-state index contributed by atoms with van der Waals surface area (Å²) in [6, 6.07) is 14.1. The van der Waals surface area contributed by atoms with Gasteiger partial charge in [-0.15, -0.1) is 0 Å². The molecule has 6 nitrogen and oxygen atoms in total. The summed E-state index contributed by atoms with van der Waals surface area (Å²) in [6.07, 6.45) is 0.775.